The average Bonchev–Trinajstić information content (AvgIpc) is 3.82. The maximum absolute atomic E-state index is 6.45. The van der Waals surface area contributed by atoms with Crippen molar-refractivity contribution in [2.24, 2.45) is 0 Å². The molecule has 11 rings (SSSR count). The third-order valence-electron chi connectivity index (χ3n) is 11.2. The van der Waals surface area contributed by atoms with Crippen LogP contribution in [0.4, 0.5) is 17.1 Å². The minimum Gasteiger partial charge on any atom is -0.456 e. The number of para-hydroxylation sites is 1. The lowest BCUT2D eigenvalue weighted by molar-refractivity contribution is 0.660. The van der Waals surface area contributed by atoms with Crippen LogP contribution in [0.3, 0.4) is 0 Å². The van der Waals surface area contributed by atoms with E-state index in [1.165, 1.54) is 64.3 Å². The number of hydrogen-bond acceptors (Lipinski definition) is 3. The zero-order chi connectivity index (χ0) is 34.6. The van der Waals surface area contributed by atoms with E-state index in [0.29, 0.717) is 0 Å². The second-order valence-electron chi connectivity index (χ2n) is 14.5. The van der Waals surface area contributed by atoms with Crippen LogP contribution in [0.15, 0.2) is 168 Å². The molecule has 0 amide bonds. The van der Waals surface area contributed by atoms with E-state index in [9.17, 15) is 0 Å². The van der Waals surface area contributed by atoms with Gasteiger partial charge in [0.2, 0.25) is 0 Å². The summed E-state index contributed by atoms with van der Waals surface area (Å²) in [5.41, 5.74) is 12.7. The first-order valence-electron chi connectivity index (χ1n) is 17.9. The van der Waals surface area contributed by atoms with Crippen LogP contribution in [0.25, 0.3) is 75.1 Å². The summed E-state index contributed by atoms with van der Waals surface area (Å²) in [5, 5.41) is 7.48. The Morgan fingerprint density at radius 3 is 2.12 bits per heavy atom. The van der Waals surface area contributed by atoms with Gasteiger partial charge in [-0.25, -0.2) is 0 Å². The highest BCUT2D eigenvalue weighted by molar-refractivity contribution is 7.26. The van der Waals surface area contributed by atoms with Gasteiger partial charge in [0.15, 0.2) is 0 Å². The zero-order valence-electron chi connectivity index (χ0n) is 28.9. The Bertz CT molecular complexity index is 3070. The Labute approximate surface area is 305 Å². The fourth-order valence-corrected chi connectivity index (χ4v) is 9.89. The van der Waals surface area contributed by atoms with E-state index in [2.05, 4.69) is 170 Å². The first-order chi connectivity index (χ1) is 25.5. The molecule has 0 unspecified atom stereocenters. The number of fused-ring (bicyclic) bond motifs is 11. The van der Waals surface area contributed by atoms with Gasteiger partial charge in [0.25, 0.3) is 0 Å². The minimum atomic E-state index is -0.115. The molecule has 0 saturated carbocycles. The molecule has 8 aromatic carbocycles. The predicted molar refractivity (Wildman–Crippen MR) is 222 cm³/mol. The molecular weight excluding hydrogens is 651 g/mol. The highest BCUT2D eigenvalue weighted by Crippen LogP contribution is 2.51. The van der Waals surface area contributed by atoms with E-state index in [1.807, 2.05) is 23.5 Å². The van der Waals surface area contributed by atoms with Gasteiger partial charge in [-0.2, -0.15) is 0 Å². The lowest BCUT2D eigenvalue weighted by Crippen LogP contribution is -2.16. The number of rotatable bonds is 4. The van der Waals surface area contributed by atoms with Gasteiger partial charge in [0.05, 0.1) is 0 Å². The fraction of sp³-hybridized carbons (Fsp3) is 0.0612. The number of anilines is 3. The largest absolute Gasteiger partial charge is 0.456 e. The summed E-state index contributed by atoms with van der Waals surface area (Å²) in [4.78, 5) is 2.40. The Morgan fingerprint density at radius 1 is 0.462 bits per heavy atom. The standard InChI is InChI=1S/C49H33NOS/c1-49(2)41-18-6-3-14-36(41)37-24-22-33(28-42(37)49)50(34-23-25-39-38-15-4-7-19-43(38)51-44(39)29-34)32-13-9-12-31(27-32)35-17-10-11-30-21-26-46-48(47(30)35)40-16-5-8-20-45(40)52-46/h3-29H,1-2H3. The van der Waals surface area contributed by atoms with Crippen LogP contribution < -0.4 is 4.90 Å². The van der Waals surface area contributed by atoms with E-state index >= 15 is 0 Å². The Hall–Kier alpha value is -6.16. The molecule has 0 bridgehead atoms. The van der Waals surface area contributed by atoms with Crippen molar-refractivity contribution >= 4 is 81.3 Å². The molecule has 0 spiro atoms. The summed E-state index contributed by atoms with van der Waals surface area (Å²) in [6.07, 6.45) is 0. The molecule has 1 aliphatic rings. The summed E-state index contributed by atoms with van der Waals surface area (Å²) < 4.78 is 9.09. The maximum Gasteiger partial charge on any atom is 0.137 e. The van der Waals surface area contributed by atoms with Crippen LogP contribution in [-0.4, -0.2) is 0 Å². The van der Waals surface area contributed by atoms with Crippen LogP contribution in [0.2, 0.25) is 0 Å². The molecule has 2 nitrogen and oxygen atoms in total. The molecule has 0 aliphatic heterocycles. The summed E-state index contributed by atoms with van der Waals surface area (Å²) in [6.45, 7) is 4.70. The van der Waals surface area contributed by atoms with Crippen molar-refractivity contribution < 1.29 is 4.42 Å². The average molecular weight is 684 g/mol. The van der Waals surface area contributed by atoms with Gasteiger partial charge >= 0.3 is 0 Å². The van der Waals surface area contributed by atoms with Crippen molar-refractivity contribution in [3.05, 3.63) is 175 Å². The second-order valence-corrected chi connectivity index (χ2v) is 15.6. The molecule has 2 heterocycles. The van der Waals surface area contributed by atoms with Crippen LogP contribution in [-0.2, 0) is 5.41 Å². The zero-order valence-corrected chi connectivity index (χ0v) is 29.7. The maximum atomic E-state index is 6.45. The lowest BCUT2D eigenvalue weighted by atomic mass is 9.82. The highest BCUT2D eigenvalue weighted by Gasteiger charge is 2.35. The predicted octanol–water partition coefficient (Wildman–Crippen LogP) is 14.6. The van der Waals surface area contributed by atoms with Crippen molar-refractivity contribution in [3.63, 3.8) is 0 Å². The number of benzene rings is 8. The number of thiophene rings is 1. The quantitative estimate of drug-likeness (QED) is 0.184. The molecular formula is C49H33NOS. The Balaban J connectivity index is 1.14. The molecule has 52 heavy (non-hydrogen) atoms. The van der Waals surface area contributed by atoms with E-state index < -0.39 is 0 Å². The van der Waals surface area contributed by atoms with Crippen molar-refractivity contribution in [1.29, 1.82) is 0 Å². The smallest absolute Gasteiger partial charge is 0.137 e. The minimum absolute atomic E-state index is 0.115. The third kappa shape index (κ3) is 4.23. The molecule has 1 aliphatic carbocycles. The van der Waals surface area contributed by atoms with Gasteiger partial charge < -0.3 is 9.32 Å². The normalized spacial score (nSPS) is 13.3. The topological polar surface area (TPSA) is 16.4 Å². The van der Waals surface area contributed by atoms with Crippen molar-refractivity contribution in [2.45, 2.75) is 19.3 Å². The molecule has 3 heteroatoms. The molecule has 246 valence electrons. The van der Waals surface area contributed by atoms with E-state index in [-0.39, 0.29) is 5.41 Å². The second kappa shape index (κ2) is 10.9. The van der Waals surface area contributed by atoms with Gasteiger partial charge in [-0.1, -0.05) is 117 Å². The first-order valence-corrected chi connectivity index (χ1v) is 18.7. The SMILES string of the molecule is CC1(C)c2ccccc2-c2ccc(N(c3cccc(-c4cccc5ccc6sc7ccccc7c6c45)c3)c3ccc4c(c3)oc3ccccc34)cc21. The summed E-state index contributed by atoms with van der Waals surface area (Å²) in [7, 11) is 0. The summed E-state index contributed by atoms with van der Waals surface area (Å²) >= 11 is 1.87. The van der Waals surface area contributed by atoms with Crippen LogP contribution in [0, 0.1) is 0 Å². The van der Waals surface area contributed by atoms with Crippen LogP contribution >= 0.6 is 11.3 Å². The molecule has 10 aromatic rings. The van der Waals surface area contributed by atoms with E-state index in [0.717, 1.165) is 39.0 Å². The molecule has 0 fully saturated rings. The van der Waals surface area contributed by atoms with Gasteiger partial charge in [-0.3, -0.25) is 0 Å². The third-order valence-corrected chi connectivity index (χ3v) is 12.4. The highest BCUT2D eigenvalue weighted by atomic mass is 32.1. The number of hydrogen-bond donors (Lipinski definition) is 0. The molecule has 0 radical (unpaired) electrons. The number of nitrogens with zero attached hydrogens (tertiary/aromatic N) is 1. The van der Waals surface area contributed by atoms with Crippen molar-refractivity contribution in [1.82, 2.24) is 0 Å². The Morgan fingerprint density at radius 2 is 1.17 bits per heavy atom. The lowest BCUT2D eigenvalue weighted by Gasteiger charge is -2.28. The van der Waals surface area contributed by atoms with E-state index in [1.54, 1.807) is 0 Å². The van der Waals surface area contributed by atoms with Crippen LogP contribution in [0.5, 0.6) is 0 Å². The molecule has 0 N–H and O–H groups in total. The van der Waals surface area contributed by atoms with Crippen molar-refractivity contribution in [3.8, 4) is 22.3 Å². The van der Waals surface area contributed by atoms with Gasteiger partial charge in [-0.15, -0.1) is 11.3 Å². The van der Waals surface area contributed by atoms with Gasteiger partial charge in [0.1, 0.15) is 11.2 Å². The molecule has 0 atom stereocenters. The van der Waals surface area contributed by atoms with Crippen molar-refractivity contribution in [2.75, 3.05) is 4.90 Å². The first kappa shape index (κ1) is 29.6. The van der Waals surface area contributed by atoms with Gasteiger partial charge in [-0.05, 0) is 98.8 Å². The Kier molecular flexibility index (Phi) is 6.21. The molecule has 2 aromatic heterocycles. The van der Waals surface area contributed by atoms with Crippen LogP contribution in [0.1, 0.15) is 25.0 Å². The van der Waals surface area contributed by atoms with E-state index in [4.69, 9.17) is 4.42 Å². The van der Waals surface area contributed by atoms with Gasteiger partial charge in [0, 0.05) is 59.5 Å². The monoisotopic (exact) mass is 683 g/mol. The summed E-state index contributed by atoms with van der Waals surface area (Å²) in [5.74, 6) is 0. The molecule has 0 saturated heterocycles. The fourth-order valence-electron chi connectivity index (χ4n) is 8.78. The summed E-state index contributed by atoms with van der Waals surface area (Å²) in [6, 6.07) is 60.0. The number of furan rings is 1.